The number of rotatable bonds is 3. The van der Waals surface area contributed by atoms with Gasteiger partial charge in [0.2, 0.25) is 0 Å². The molecule has 0 aliphatic carbocycles. The van der Waals surface area contributed by atoms with Crippen molar-refractivity contribution in [3.8, 4) is 17.1 Å². The van der Waals surface area contributed by atoms with Crippen LogP contribution >= 0.6 is 0 Å². The highest BCUT2D eigenvalue weighted by Crippen LogP contribution is 2.30. The molecular weight excluding hydrogens is 300 g/mol. The minimum Gasteiger partial charge on any atom is -0.507 e. The van der Waals surface area contributed by atoms with Crippen molar-refractivity contribution in [2.45, 2.75) is 12.5 Å². The van der Waals surface area contributed by atoms with Crippen molar-refractivity contribution in [2.24, 2.45) is 0 Å². The molecule has 0 spiro atoms. The Labute approximate surface area is 141 Å². The molecule has 0 saturated carbocycles. The monoisotopic (exact) mass is 320 g/mol. The van der Waals surface area contributed by atoms with E-state index in [2.05, 4.69) is 22.2 Å². The molecule has 1 fully saturated rings. The number of aromatic hydroxyl groups is 1. The van der Waals surface area contributed by atoms with Gasteiger partial charge in [0.1, 0.15) is 11.6 Å². The first-order valence-electron chi connectivity index (χ1n) is 8.21. The van der Waals surface area contributed by atoms with E-state index < -0.39 is 0 Å². The number of nitrogens with one attached hydrogen (secondary N) is 1. The number of likely N-dealkylation sites (N-methyl/N-ethyl adjacent to an activating group) is 1. The fourth-order valence-corrected chi connectivity index (χ4v) is 3.22. The van der Waals surface area contributed by atoms with E-state index in [4.69, 9.17) is 4.98 Å². The van der Waals surface area contributed by atoms with Crippen LogP contribution in [-0.2, 0) is 0 Å². The van der Waals surface area contributed by atoms with Gasteiger partial charge in [-0.15, -0.1) is 0 Å². The van der Waals surface area contributed by atoms with Gasteiger partial charge in [0, 0.05) is 18.0 Å². The number of fused-ring (bicyclic) bond motifs is 1. The van der Waals surface area contributed by atoms with Crippen LogP contribution in [-0.4, -0.2) is 46.2 Å². The molecule has 4 rings (SSSR count). The summed E-state index contributed by atoms with van der Waals surface area (Å²) in [6.07, 6.45) is 1.10. The fraction of sp³-hybridized carbons (Fsp3) is 0.263. The number of phenols is 1. The van der Waals surface area contributed by atoms with Gasteiger partial charge in [-0.05, 0) is 44.3 Å². The van der Waals surface area contributed by atoms with E-state index in [0.29, 0.717) is 17.4 Å². The van der Waals surface area contributed by atoms with Crippen molar-refractivity contribution in [1.82, 2.24) is 14.9 Å². The molecule has 1 atom stereocenters. The van der Waals surface area contributed by atoms with Gasteiger partial charge in [-0.2, -0.15) is 0 Å². The highest BCUT2D eigenvalue weighted by molar-refractivity contribution is 5.91. The molecule has 1 aliphatic heterocycles. The first kappa shape index (κ1) is 14.9. The zero-order valence-electron chi connectivity index (χ0n) is 13.6. The Morgan fingerprint density at radius 2 is 1.88 bits per heavy atom. The summed E-state index contributed by atoms with van der Waals surface area (Å²) in [4.78, 5) is 11.7. The lowest BCUT2D eigenvalue weighted by molar-refractivity contribution is 0.414. The predicted octanol–water partition coefficient (Wildman–Crippen LogP) is 3.12. The molecule has 5 nitrogen and oxygen atoms in total. The maximum Gasteiger partial charge on any atom is 0.165 e. The number of aromatic nitrogens is 2. The number of phenolic OH excluding ortho intramolecular Hbond substituents is 1. The zero-order chi connectivity index (χ0) is 16.5. The molecule has 0 amide bonds. The molecule has 2 heterocycles. The van der Waals surface area contributed by atoms with Crippen LogP contribution in [0.2, 0.25) is 0 Å². The van der Waals surface area contributed by atoms with Crippen molar-refractivity contribution in [2.75, 3.05) is 25.5 Å². The molecule has 5 heteroatoms. The van der Waals surface area contributed by atoms with Gasteiger partial charge in [-0.1, -0.05) is 24.3 Å². The number of benzene rings is 2. The Kier molecular flexibility index (Phi) is 3.78. The van der Waals surface area contributed by atoms with Crippen molar-refractivity contribution in [3.05, 3.63) is 48.5 Å². The molecule has 1 aliphatic rings. The lowest BCUT2D eigenvalue weighted by Gasteiger charge is -2.16. The summed E-state index contributed by atoms with van der Waals surface area (Å²) < 4.78 is 0. The third-order valence-corrected chi connectivity index (χ3v) is 4.48. The summed E-state index contributed by atoms with van der Waals surface area (Å²) in [5, 5.41) is 14.7. The second-order valence-corrected chi connectivity index (χ2v) is 6.32. The Bertz CT molecular complexity index is 880. The number of likely N-dealkylation sites (tertiary alicyclic amines) is 1. The highest BCUT2D eigenvalue weighted by atomic mass is 16.3. The summed E-state index contributed by atoms with van der Waals surface area (Å²) >= 11 is 0. The molecule has 1 saturated heterocycles. The molecular formula is C19H20N4O. The minimum absolute atomic E-state index is 0.194. The summed E-state index contributed by atoms with van der Waals surface area (Å²) in [7, 11) is 2.13. The predicted molar refractivity (Wildman–Crippen MR) is 96.2 cm³/mol. The smallest absolute Gasteiger partial charge is 0.165 e. The van der Waals surface area contributed by atoms with Crippen molar-refractivity contribution < 1.29 is 5.11 Å². The Morgan fingerprint density at radius 3 is 2.67 bits per heavy atom. The van der Waals surface area contributed by atoms with Crippen LogP contribution in [0.25, 0.3) is 22.3 Å². The van der Waals surface area contributed by atoms with Gasteiger partial charge < -0.3 is 15.3 Å². The van der Waals surface area contributed by atoms with E-state index in [1.807, 2.05) is 36.4 Å². The molecule has 1 aromatic heterocycles. The Hall–Kier alpha value is -2.66. The summed E-state index contributed by atoms with van der Waals surface area (Å²) in [5.74, 6) is 1.57. The summed E-state index contributed by atoms with van der Waals surface area (Å²) in [5.41, 5.74) is 1.52. The van der Waals surface area contributed by atoms with Crippen LogP contribution in [0.4, 0.5) is 5.82 Å². The van der Waals surface area contributed by atoms with Crippen LogP contribution in [0.5, 0.6) is 5.75 Å². The largest absolute Gasteiger partial charge is 0.507 e. The van der Waals surface area contributed by atoms with E-state index >= 15 is 0 Å². The fourth-order valence-electron chi connectivity index (χ4n) is 3.22. The van der Waals surface area contributed by atoms with E-state index in [1.54, 1.807) is 12.1 Å². The zero-order valence-corrected chi connectivity index (χ0v) is 13.6. The maximum atomic E-state index is 10.1. The second-order valence-electron chi connectivity index (χ2n) is 6.32. The van der Waals surface area contributed by atoms with E-state index in [-0.39, 0.29) is 5.75 Å². The Balaban J connectivity index is 1.80. The van der Waals surface area contributed by atoms with Crippen LogP contribution in [0.1, 0.15) is 6.42 Å². The van der Waals surface area contributed by atoms with Gasteiger partial charge in [0.25, 0.3) is 0 Å². The van der Waals surface area contributed by atoms with Gasteiger partial charge >= 0.3 is 0 Å². The molecule has 2 N–H and O–H groups in total. The molecule has 24 heavy (non-hydrogen) atoms. The number of nitrogens with zero attached hydrogens (tertiary/aromatic N) is 3. The normalized spacial score (nSPS) is 18.1. The van der Waals surface area contributed by atoms with E-state index in [0.717, 1.165) is 36.2 Å². The van der Waals surface area contributed by atoms with Crippen LogP contribution < -0.4 is 5.32 Å². The first-order valence-corrected chi connectivity index (χ1v) is 8.21. The lowest BCUT2D eigenvalue weighted by atomic mass is 10.1. The van der Waals surface area contributed by atoms with Crippen LogP contribution in [0.15, 0.2) is 48.5 Å². The molecule has 122 valence electrons. The SMILES string of the molecule is CN1CC[C@@H](Nc2nc(-c3ccccc3O)nc3ccccc23)C1. The standard InChI is InChI=1S/C19H20N4O/c1-23-11-10-13(12-23)20-18-14-6-2-4-8-16(14)21-19(22-18)15-7-3-5-9-17(15)24/h2-9,13,24H,10-12H2,1H3,(H,20,21,22)/t13-/m1/s1. The molecule has 2 aromatic carbocycles. The Morgan fingerprint density at radius 1 is 1.08 bits per heavy atom. The third-order valence-electron chi connectivity index (χ3n) is 4.48. The number of anilines is 1. The van der Waals surface area contributed by atoms with Crippen molar-refractivity contribution in [1.29, 1.82) is 0 Å². The highest BCUT2D eigenvalue weighted by Gasteiger charge is 2.21. The van der Waals surface area contributed by atoms with Gasteiger partial charge in [-0.25, -0.2) is 9.97 Å². The number of para-hydroxylation sites is 2. The second kappa shape index (κ2) is 6.09. The van der Waals surface area contributed by atoms with Crippen molar-refractivity contribution >= 4 is 16.7 Å². The van der Waals surface area contributed by atoms with Crippen LogP contribution in [0.3, 0.4) is 0 Å². The van der Waals surface area contributed by atoms with E-state index in [9.17, 15) is 5.11 Å². The van der Waals surface area contributed by atoms with Gasteiger partial charge in [-0.3, -0.25) is 0 Å². The number of hydrogen-bond acceptors (Lipinski definition) is 5. The average Bonchev–Trinajstić information content (AvgIpc) is 3.00. The first-order chi connectivity index (χ1) is 11.7. The average molecular weight is 320 g/mol. The molecule has 3 aromatic rings. The van der Waals surface area contributed by atoms with Gasteiger partial charge in [0.05, 0.1) is 11.1 Å². The quantitative estimate of drug-likeness (QED) is 0.776. The summed E-state index contributed by atoms with van der Waals surface area (Å²) in [6, 6.07) is 15.5. The van der Waals surface area contributed by atoms with E-state index in [1.165, 1.54) is 0 Å². The third kappa shape index (κ3) is 2.78. The molecule has 0 bridgehead atoms. The lowest BCUT2D eigenvalue weighted by Crippen LogP contribution is -2.24. The minimum atomic E-state index is 0.194. The number of hydrogen-bond donors (Lipinski definition) is 2. The summed E-state index contributed by atoms with van der Waals surface area (Å²) in [6.45, 7) is 2.09. The topological polar surface area (TPSA) is 61.3 Å². The van der Waals surface area contributed by atoms with Gasteiger partial charge in [0.15, 0.2) is 5.82 Å². The maximum absolute atomic E-state index is 10.1. The van der Waals surface area contributed by atoms with Crippen molar-refractivity contribution in [3.63, 3.8) is 0 Å². The molecule has 0 radical (unpaired) electrons. The molecule has 0 unspecified atom stereocenters. The van der Waals surface area contributed by atoms with Crippen LogP contribution in [0, 0.1) is 0 Å².